The highest BCUT2D eigenvalue weighted by molar-refractivity contribution is 5.78. The first-order chi connectivity index (χ1) is 14.5. The number of amides is 1. The van der Waals surface area contributed by atoms with Crippen molar-refractivity contribution < 1.29 is 19.8 Å². The Morgan fingerprint density at radius 2 is 1.97 bits per heavy atom. The first-order valence-corrected chi connectivity index (χ1v) is 11.4. The monoisotopic (exact) mass is 415 g/mol. The molecule has 0 radical (unpaired) electrons. The third-order valence-electron chi connectivity index (χ3n) is 6.10. The van der Waals surface area contributed by atoms with Crippen molar-refractivity contribution in [3.05, 3.63) is 48.0 Å². The number of carbonyl (C=O) groups is 2. The van der Waals surface area contributed by atoms with Gasteiger partial charge in [0.25, 0.3) is 0 Å². The number of likely N-dealkylation sites (tertiary alicyclic amines) is 1. The van der Waals surface area contributed by atoms with Gasteiger partial charge >= 0.3 is 5.97 Å². The molecule has 5 nitrogen and oxygen atoms in total. The summed E-state index contributed by atoms with van der Waals surface area (Å²) in [5.74, 6) is -0.333. The Labute approximate surface area is 180 Å². The molecule has 1 heterocycles. The SMILES string of the molecule is C[C@@H](CCCc1ccccc1)[C@H](O)CC[C@H]1CCC(=O)N1CC=CCCCC(=O)O. The highest BCUT2D eigenvalue weighted by Gasteiger charge is 2.30. The number of aliphatic hydroxyl groups excluding tert-OH is 1. The Hall–Kier alpha value is -2.14. The van der Waals surface area contributed by atoms with Crippen molar-refractivity contribution in [1.82, 2.24) is 4.90 Å². The van der Waals surface area contributed by atoms with Crippen LogP contribution in [0, 0.1) is 5.92 Å². The van der Waals surface area contributed by atoms with E-state index in [1.165, 1.54) is 5.56 Å². The highest BCUT2D eigenvalue weighted by Crippen LogP contribution is 2.25. The average Bonchev–Trinajstić information content (AvgIpc) is 3.08. The number of aliphatic carboxylic acids is 1. The fraction of sp³-hybridized carbons (Fsp3) is 0.600. The number of rotatable bonds is 14. The van der Waals surface area contributed by atoms with Gasteiger partial charge in [0.1, 0.15) is 0 Å². The van der Waals surface area contributed by atoms with Crippen molar-refractivity contribution in [3.63, 3.8) is 0 Å². The first kappa shape index (κ1) is 24.1. The van der Waals surface area contributed by atoms with Gasteiger partial charge < -0.3 is 15.1 Å². The second-order valence-electron chi connectivity index (χ2n) is 8.50. The van der Waals surface area contributed by atoms with E-state index in [9.17, 15) is 14.7 Å². The lowest BCUT2D eigenvalue weighted by Gasteiger charge is -2.26. The van der Waals surface area contributed by atoms with Crippen LogP contribution in [-0.4, -0.2) is 45.7 Å². The van der Waals surface area contributed by atoms with Crippen LogP contribution in [0.1, 0.15) is 70.3 Å². The molecule has 0 bridgehead atoms. The zero-order valence-electron chi connectivity index (χ0n) is 18.2. The summed E-state index contributed by atoms with van der Waals surface area (Å²) in [5, 5.41) is 19.2. The maximum Gasteiger partial charge on any atom is 0.303 e. The maximum atomic E-state index is 12.2. The van der Waals surface area contributed by atoms with Crippen molar-refractivity contribution >= 4 is 11.9 Å². The van der Waals surface area contributed by atoms with E-state index in [0.717, 1.165) is 44.9 Å². The highest BCUT2D eigenvalue weighted by atomic mass is 16.4. The lowest BCUT2D eigenvalue weighted by molar-refractivity contribution is -0.137. The van der Waals surface area contributed by atoms with Crippen LogP contribution in [-0.2, 0) is 16.0 Å². The molecule has 0 saturated carbocycles. The van der Waals surface area contributed by atoms with E-state index < -0.39 is 5.97 Å². The third-order valence-corrected chi connectivity index (χ3v) is 6.10. The molecule has 166 valence electrons. The van der Waals surface area contributed by atoms with Crippen molar-refractivity contribution in [1.29, 1.82) is 0 Å². The molecule has 1 aliphatic rings. The van der Waals surface area contributed by atoms with Gasteiger partial charge in [0.05, 0.1) is 6.10 Å². The molecular formula is C25H37NO4. The Kier molecular flexibility index (Phi) is 10.6. The van der Waals surface area contributed by atoms with Gasteiger partial charge in [0.15, 0.2) is 0 Å². The molecule has 1 aliphatic heterocycles. The third kappa shape index (κ3) is 8.70. The fourth-order valence-corrected chi connectivity index (χ4v) is 4.13. The van der Waals surface area contributed by atoms with E-state index in [1.807, 2.05) is 23.1 Å². The Morgan fingerprint density at radius 3 is 2.70 bits per heavy atom. The van der Waals surface area contributed by atoms with Gasteiger partial charge in [-0.1, -0.05) is 49.4 Å². The summed E-state index contributed by atoms with van der Waals surface area (Å²) in [6, 6.07) is 10.6. The summed E-state index contributed by atoms with van der Waals surface area (Å²) in [4.78, 5) is 24.6. The minimum Gasteiger partial charge on any atom is -0.481 e. The smallest absolute Gasteiger partial charge is 0.303 e. The molecule has 0 unspecified atom stereocenters. The zero-order valence-corrected chi connectivity index (χ0v) is 18.2. The van der Waals surface area contributed by atoms with Gasteiger partial charge in [-0.3, -0.25) is 9.59 Å². The largest absolute Gasteiger partial charge is 0.481 e. The molecular weight excluding hydrogens is 378 g/mol. The van der Waals surface area contributed by atoms with Crippen molar-refractivity contribution in [2.75, 3.05) is 6.54 Å². The average molecular weight is 416 g/mol. The molecule has 1 aromatic carbocycles. The summed E-state index contributed by atoms with van der Waals surface area (Å²) in [6.07, 6.45) is 11.3. The van der Waals surface area contributed by atoms with Gasteiger partial charge in [0.2, 0.25) is 5.91 Å². The molecule has 1 saturated heterocycles. The minimum atomic E-state index is -0.772. The number of nitrogens with zero attached hydrogens (tertiary/aromatic N) is 1. The number of carbonyl (C=O) groups excluding carboxylic acids is 1. The molecule has 5 heteroatoms. The van der Waals surface area contributed by atoms with Crippen LogP contribution in [0.3, 0.4) is 0 Å². The standard InChI is InChI=1S/C25H37NO4/c1-20(10-9-13-21-11-5-4-6-12-21)23(27)17-15-22-16-18-24(28)26(22)19-8-3-2-7-14-25(29)30/h3-6,8,11-12,20,22-23,27H,2,7,9-10,13-19H2,1H3,(H,29,30)/t20-,22-,23+/m0/s1. The van der Waals surface area contributed by atoms with Gasteiger partial charge in [-0.25, -0.2) is 0 Å². The zero-order chi connectivity index (χ0) is 21.8. The molecule has 0 aromatic heterocycles. The molecule has 0 aliphatic carbocycles. The van der Waals surface area contributed by atoms with Gasteiger partial charge in [-0.15, -0.1) is 0 Å². The Balaban J connectivity index is 1.67. The van der Waals surface area contributed by atoms with Crippen LogP contribution in [0.25, 0.3) is 0 Å². The maximum absolute atomic E-state index is 12.2. The van der Waals surface area contributed by atoms with Crippen molar-refractivity contribution in [2.24, 2.45) is 5.92 Å². The van der Waals surface area contributed by atoms with E-state index in [-0.39, 0.29) is 30.4 Å². The van der Waals surface area contributed by atoms with Gasteiger partial charge in [-0.05, 0) is 62.8 Å². The quantitative estimate of drug-likeness (QED) is 0.344. The number of aryl methyl sites for hydroxylation is 1. The number of unbranched alkanes of at least 4 members (excludes halogenated alkanes) is 1. The van der Waals surface area contributed by atoms with E-state index in [4.69, 9.17) is 5.11 Å². The molecule has 1 aromatic rings. The van der Waals surface area contributed by atoms with Crippen LogP contribution in [0.5, 0.6) is 0 Å². The van der Waals surface area contributed by atoms with Crippen LogP contribution >= 0.6 is 0 Å². The van der Waals surface area contributed by atoms with Crippen molar-refractivity contribution in [3.8, 4) is 0 Å². The van der Waals surface area contributed by atoms with Crippen LogP contribution in [0.4, 0.5) is 0 Å². The number of benzene rings is 1. The molecule has 2 N–H and O–H groups in total. The Morgan fingerprint density at radius 1 is 1.20 bits per heavy atom. The number of carboxylic acid groups (broad SMARTS) is 1. The normalized spacial score (nSPS) is 18.8. The summed E-state index contributed by atoms with van der Waals surface area (Å²) < 4.78 is 0. The van der Waals surface area contributed by atoms with Gasteiger partial charge in [-0.2, -0.15) is 0 Å². The molecule has 1 amide bonds. The summed E-state index contributed by atoms with van der Waals surface area (Å²) in [6.45, 7) is 2.70. The van der Waals surface area contributed by atoms with E-state index in [2.05, 4.69) is 31.2 Å². The van der Waals surface area contributed by atoms with Crippen LogP contribution < -0.4 is 0 Å². The predicted molar refractivity (Wildman–Crippen MR) is 119 cm³/mol. The van der Waals surface area contributed by atoms with Crippen molar-refractivity contribution in [2.45, 2.75) is 83.3 Å². The van der Waals surface area contributed by atoms with E-state index >= 15 is 0 Å². The number of aliphatic hydroxyl groups is 1. The van der Waals surface area contributed by atoms with Crippen LogP contribution in [0.2, 0.25) is 0 Å². The number of hydrogen-bond acceptors (Lipinski definition) is 3. The van der Waals surface area contributed by atoms with Gasteiger partial charge in [0, 0.05) is 25.4 Å². The van der Waals surface area contributed by atoms with E-state index in [0.29, 0.717) is 19.4 Å². The summed E-state index contributed by atoms with van der Waals surface area (Å²) in [5.41, 5.74) is 1.34. The molecule has 1 fully saturated rings. The first-order valence-electron chi connectivity index (χ1n) is 11.4. The second-order valence-corrected chi connectivity index (χ2v) is 8.50. The summed E-state index contributed by atoms with van der Waals surface area (Å²) >= 11 is 0. The van der Waals surface area contributed by atoms with Crippen LogP contribution in [0.15, 0.2) is 42.5 Å². The number of allylic oxidation sites excluding steroid dienone is 1. The second kappa shape index (κ2) is 13.2. The number of carboxylic acids is 1. The molecule has 3 atom stereocenters. The lowest BCUT2D eigenvalue weighted by Crippen LogP contribution is -2.34. The Bertz CT molecular complexity index is 673. The summed E-state index contributed by atoms with van der Waals surface area (Å²) in [7, 11) is 0. The topological polar surface area (TPSA) is 77.8 Å². The molecule has 30 heavy (non-hydrogen) atoms. The number of hydrogen-bond donors (Lipinski definition) is 2. The fourth-order valence-electron chi connectivity index (χ4n) is 4.13. The molecule has 2 rings (SSSR count). The molecule has 0 spiro atoms. The lowest BCUT2D eigenvalue weighted by atomic mass is 9.92. The predicted octanol–water partition coefficient (Wildman–Crippen LogP) is 4.59. The van der Waals surface area contributed by atoms with E-state index in [1.54, 1.807) is 0 Å². The minimum absolute atomic E-state index is 0.178.